The Bertz CT molecular complexity index is 609. The molecule has 1 aliphatic heterocycles. The fraction of sp³-hybridized carbons (Fsp3) is 0.588. The van der Waals surface area contributed by atoms with Crippen molar-refractivity contribution >= 4 is 16.7 Å². The molecule has 0 saturated carbocycles. The number of benzene rings is 1. The Morgan fingerprint density at radius 1 is 1.29 bits per heavy atom. The number of hydrogen-bond acceptors (Lipinski definition) is 3. The Morgan fingerprint density at radius 2 is 2.05 bits per heavy atom. The number of fused-ring (bicyclic) bond motifs is 1. The molecule has 0 amide bonds. The molecule has 1 saturated heterocycles. The quantitative estimate of drug-likeness (QED) is 0.879. The highest BCUT2D eigenvalue weighted by molar-refractivity contribution is 5.79. The van der Waals surface area contributed by atoms with E-state index in [1.165, 1.54) is 43.7 Å². The smallest absolute Gasteiger partial charge is 0.109 e. The average molecular weight is 286 g/mol. The van der Waals surface area contributed by atoms with Crippen LogP contribution in [0.2, 0.25) is 0 Å². The first-order valence-electron chi connectivity index (χ1n) is 8.10. The molecule has 0 unspecified atom stereocenters. The van der Waals surface area contributed by atoms with Crippen molar-refractivity contribution in [3.63, 3.8) is 0 Å². The monoisotopic (exact) mass is 286 g/mol. The standard InChI is InChI=1S/C17H26N4/c1-3-17-19-15-12-14(18)4-5-16(15)21(17)11-8-13-6-9-20(2)10-7-13/h4-5,12-13H,3,6-11,18H2,1-2H3. The number of nitrogens with two attached hydrogens (primary N) is 1. The molecule has 2 aromatic rings. The lowest BCUT2D eigenvalue weighted by Crippen LogP contribution is -2.30. The Morgan fingerprint density at radius 3 is 2.76 bits per heavy atom. The molecule has 1 aromatic carbocycles. The van der Waals surface area contributed by atoms with Crippen molar-refractivity contribution in [2.45, 2.75) is 39.2 Å². The third kappa shape index (κ3) is 3.05. The fourth-order valence-corrected chi connectivity index (χ4v) is 3.38. The van der Waals surface area contributed by atoms with Gasteiger partial charge in [-0.3, -0.25) is 0 Å². The number of hydrogen-bond donors (Lipinski definition) is 1. The van der Waals surface area contributed by atoms with Gasteiger partial charge in [-0.05, 0) is 63.5 Å². The summed E-state index contributed by atoms with van der Waals surface area (Å²) in [7, 11) is 2.22. The lowest BCUT2D eigenvalue weighted by molar-refractivity contribution is 0.208. The number of anilines is 1. The van der Waals surface area contributed by atoms with E-state index in [2.05, 4.69) is 29.5 Å². The second kappa shape index (κ2) is 6.06. The van der Waals surface area contributed by atoms with Gasteiger partial charge in [0.1, 0.15) is 5.82 Å². The Balaban J connectivity index is 1.76. The van der Waals surface area contributed by atoms with Crippen molar-refractivity contribution in [2.75, 3.05) is 25.9 Å². The van der Waals surface area contributed by atoms with Crippen molar-refractivity contribution < 1.29 is 0 Å². The predicted molar refractivity (Wildman–Crippen MR) is 88.4 cm³/mol. The minimum Gasteiger partial charge on any atom is -0.399 e. The van der Waals surface area contributed by atoms with Crippen LogP contribution in [-0.2, 0) is 13.0 Å². The van der Waals surface area contributed by atoms with Gasteiger partial charge in [0, 0.05) is 18.7 Å². The summed E-state index contributed by atoms with van der Waals surface area (Å²) in [6.45, 7) is 5.74. The van der Waals surface area contributed by atoms with E-state index in [0.717, 1.165) is 30.1 Å². The molecule has 3 rings (SSSR count). The first-order chi connectivity index (χ1) is 10.2. The maximum absolute atomic E-state index is 5.87. The summed E-state index contributed by atoms with van der Waals surface area (Å²) in [5.41, 5.74) is 8.94. The summed E-state index contributed by atoms with van der Waals surface area (Å²) in [5.74, 6) is 2.04. The Hall–Kier alpha value is -1.55. The molecule has 4 heteroatoms. The van der Waals surface area contributed by atoms with Crippen molar-refractivity contribution in [3.05, 3.63) is 24.0 Å². The van der Waals surface area contributed by atoms with Crippen LogP contribution in [0.5, 0.6) is 0 Å². The number of imidazole rings is 1. The molecule has 0 aliphatic carbocycles. The molecule has 1 fully saturated rings. The topological polar surface area (TPSA) is 47.1 Å². The summed E-state index contributed by atoms with van der Waals surface area (Å²) < 4.78 is 2.40. The second-order valence-corrected chi connectivity index (χ2v) is 6.32. The average Bonchev–Trinajstić information content (AvgIpc) is 2.83. The van der Waals surface area contributed by atoms with Crippen molar-refractivity contribution in [2.24, 2.45) is 5.92 Å². The number of nitrogen functional groups attached to an aromatic ring is 1. The molecule has 1 aliphatic rings. The summed E-state index contributed by atoms with van der Waals surface area (Å²) in [6.07, 6.45) is 4.90. The third-order valence-corrected chi connectivity index (χ3v) is 4.77. The van der Waals surface area contributed by atoms with Gasteiger partial charge in [-0.1, -0.05) is 6.92 Å². The highest BCUT2D eigenvalue weighted by Gasteiger charge is 2.17. The lowest BCUT2D eigenvalue weighted by Gasteiger charge is -2.29. The number of piperidine rings is 1. The fourth-order valence-electron chi connectivity index (χ4n) is 3.38. The van der Waals surface area contributed by atoms with Gasteiger partial charge in [0.05, 0.1) is 11.0 Å². The van der Waals surface area contributed by atoms with E-state index in [-0.39, 0.29) is 0 Å². The van der Waals surface area contributed by atoms with Gasteiger partial charge in [0.2, 0.25) is 0 Å². The van der Waals surface area contributed by atoms with Crippen LogP contribution >= 0.6 is 0 Å². The summed E-state index contributed by atoms with van der Waals surface area (Å²) in [6, 6.07) is 6.08. The predicted octanol–water partition coefficient (Wildman–Crippen LogP) is 2.91. The van der Waals surface area contributed by atoms with E-state index in [9.17, 15) is 0 Å². The lowest BCUT2D eigenvalue weighted by atomic mass is 9.94. The zero-order valence-corrected chi connectivity index (χ0v) is 13.2. The van der Waals surface area contributed by atoms with Crippen LogP contribution in [0.1, 0.15) is 32.0 Å². The molecule has 0 atom stereocenters. The van der Waals surface area contributed by atoms with Crippen LogP contribution in [0, 0.1) is 5.92 Å². The molecular weight excluding hydrogens is 260 g/mol. The maximum Gasteiger partial charge on any atom is 0.109 e. The van der Waals surface area contributed by atoms with Crippen LogP contribution in [0.3, 0.4) is 0 Å². The van der Waals surface area contributed by atoms with E-state index in [1.54, 1.807) is 0 Å². The molecule has 21 heavy (non-hydrogen) atoms. The molecule has 1 aromatic heterocycles. The van der Waals surface area contributed by atoms with Gasteiger partial charge in [-0.15, -0.1) is 0 Å². The highest BCUT2D eigenvalue weighted by atomic mass is 15.1. The largest absolute Gasteiger partial charge is 0.399 e. The van der Waals surface area contributed by atoms with Crippen LogP contribution in [0.15, 0.2) is 18.2 Å². The van der Waals surface area contributed by atoms with E-state index < -0.39 is 0 Å². The molecule has 2 heterocycles. The van der Waals surface area contributed by atoms with E-state index >= 15 is 0 Å². The molecule has 114 valence electrons. The molecule has 0 radical (unpaired) electrons. The molecule has 0 spiro atoms. The zero-order chi connectivity index (χ0) is 14.8. The molecule has 0 bridgehead atoms. The number of likely N-dealkylation sites (tertiary alicyclic amines) is 1. The highest BCUT2D eigenvalue weighted by Crippen LogP contribution is 2.24. The first kappa shape index (κ1) is 14.4. The summed E-state index contributed by atoms with van der Waals surface area (Å²) >= 11 is 0. The van der Waals surface area contributed by atoms with Gasteiger partial charge < -0.3 is 15.2 Å². The van der Waals surface area contributed by atoms with E-state index in [4.69, 9.17) is 10.7 Å². The van der Waals surface area contributed by atoms with Gasteiger partial charge in [0.25, 0.3) is 0 Å². The summed E-state index contributed by atoms with van der Waals surface area (Å²) in [4.78, 5) is 7.18. The SMILES string of the molecule is CCc1nc2cc(N)ccc2n1CCC1CCN(C)CC1. The minimum atomic E-state index is 0.796. The Kier molecular flexibility index (Phi) is 4.15. The normalized spacial score (nSPS) is 17.6. The van der Waals surface area contributed by atoms with Crippen molar-refractivity contribution in [1.29, 1.82) is 0 Å². The van der Waals surface area contributed by atoms with Crippen LogP contribution < -0.4 is 5.73 Å². The number of aromatic nitrogens is 2. The van der Waals surface area contributed by atoms with Gasteiger partial charge in [-0.25, -0.2) is 4.98 Å². The van der Waals surface area contributed by atoms with Crippen LogP contribution in [0.25, 0.3) is 11.0 Å². The zero-order valence-electron chi connectivity index (χ0n) is 13.2. The molecule has 2 N–H and O–H groups in total. The van der Waals surface area contributed by atoms with Gasteiger partial charge in [-0.2, -0.15) is 0 Å². The molecule has 4 nitrogen and oxygen atoms in total. The van der Waals surface area contributed by atoms with Crippen LogP contribution in [0.4, 0.5) is 5.69 Å². The number of aryl methyl sites for hydroxylation is 2. The van der Waals surface area contributed by atoms with Gasteiger partial charge in [0.15, 0.2) is 0 Å². The summed E-state index contributed by atoms with van der Waals surface area (Å²) in [5, 5.41) is 0. The van der Waals surface area contributed by atoms with Crippen LogP contribution in [-0.4, -0.2) is 34.6 Å². The number of nitrogens with zero attached hydrogens (tertiary/aromatic N) is 3. The third-order valence-electron chi connectivity index (χ3n) is 4.77. The van der Waals surface area contributed by atoms with Gasteiger partial charge >= 0.3 is 0 Å². The van der Waals surface area contributed by atoms with E-state index in [1.807, 2.05) is 12.1 Å². The molecular formula is C17H26N4. The maximum atomic E-state index is 5.87. The minimum absolute atomic E-state index is 0.796. The van der Waals surface area contributed by atoms with Crippen molar-refractivity contribution in [1.82, 2.24) is 14.5 Å². The Labute approximate surface area is 126 Å². The second-order valence-electron chi connectivity index (χ2n) is 6.32. The van der Waals surface area contributed by atoms with E-state index in [0.29, 0.717) is 0 Å². The first-order valence-corrected chi connectivity index (χ1v) is 8.10. The van der Waals surface area contributed by atoms with Crippen molar-refractivity contribution in [3.8, 4) is 0 Å². The number of rotatable bonds is 4.